The third-order valence-corrected chi connectivity index (χ3v) is 3.26. The van der Waals surface area contributed by atoms with Gasteiger partial charge < -0.3 is 9.30 Å². The molecule has 0 aliphatic rings. The van der Waals surface area contributed by atoms with Gasteiger partial charge in [-0.05, 0) is 18.4 Å². The van der Waals surface area contributed by atoms with Crippen LogP contribution < -0.4 is 4.74 Å². The maximum absolute atomic E-state index is 5.95. The Bertz CT molecular complexity index is 683. The zero-order valence-electron chi connectivity index (χ0n) is 10.9. The summed E-state index contributed by atoms with van der Waals surface area (Å²) in [5.41, 5.74) is 1.09. The molecule has 0 saturated heterocycles. The number of nitrogens with zero attached hydrogens (tertiary/aromatic N) is 2. The molecule has 0 atom stereocenters. The monoisotopic (exact) mass is 252 g/mol. The molecule has 0 saturated carbocycles. The first kappa shape index (κ1) is 11.8. The van der Waals surface area contributed by atoms with Crippen LogP contribution in [0.1, 0.15) is 12.6 Å². The Morgan fingerprint density at radius 3 is 2.84 bits per heavy atom. The third kappa shape index (κ3) is 2.32. The molecule has 96 valence electrons. The lowest BCUT2D eigenvalue weighted by molar-refractivity contribution is 0.299. The van der Waals surface area contributed by atoms with E-state index in [9.17, 15) is 0 Å². The van der Waals surface area contributed by atoms with Crippen molar-refractivity contribution in [2.45, 2.75) is 20.1 Å². The number of aryl methyl sites for hydroxylation is 1. The van der Waals surface area contributed by atoms with Crippen molar-refractivity contribution in [1.29, 1.82) is 0 Å². The molecular formula is C16H16N2O. The number of rotatable bonds is 4. The highest BCUT2D eigenvalue weighted by molar-refractivity contribution is 5.88. The zero-order valence-corrected chi connectivity index (χ0v) is 10.9. The van der Waals surface area contributed by atoms with Crippen LogP contribution in [0.15, 0.2) is 55.0 Å². The van der Waals surface area contributed by atoms with Gasteiger partial charge in [0.15, 0.2) is 0 Å². The topological polar surface area (TPSA) is 27.1 Å². The molecule has 0 spiro atoms. The van der Waals surface area contributed by atoms with Crippen molar-refractivity contribution in [3.8, 4) is 5.75 Å². The lowest BCUT2D eigenvalue weighted by Gasteiger charge is -2.10. The van der Waals surface area contributed by atoms with Gasteiger partial charge >= 0.3 is 0 Å². The quantitative estimate of drug-likeness (QED) is 0.709. The van der Waals surface area contributed by atoms with Crippen LogP contribution in [0.4, 0.5) is 0 Å². The Balaban J connectivity index is 1.86. The van der Waals surface area contributed by atoms with Crippen LogP contribution in [0.2, 0.25) is 0 Å². The maximum atomic E-state index is 5.95. The Labute approximate surface area is 112 Å². The van der Waals surface area contributed by atoms with Gasteiger partial charge in [-0.1, -0.05) is 36.4 Å². The number of imidazole rings is 1. The summed E-state index contributed by atoms with van der Waals surface area (Å²) >= 11 is 0. The van der Waals surface area contributed by atoms with Crippen molar-refractivity contribution >= 4 is 10.8 Å². The van der Waals surface area contributed by atoms with E-state index in [1.54, 1.807) is 0 Å². The number of fused-ring (bicyclic) bond motifs is 1. The van der Waals surface area contributed by atoms with Gasteiger partial charge in [0.05, 0.1) is 18.2 Å². The molecule has 3 nitrogen and oxygen atoms in total. The van der Waals surface area contributed by atoms with Gasteiger partial charge in [0, 0.05) is 11.9 Å². The molecule has 0 aliphatic carbocycles. The second-order valence-electron chi connectivity index (χ2n) is 4.44. The van der Waals surface area contributed by atoms with Gasteiger partial charge in [-0.3, -0.25) is 0 Å². The standard InChI is InChI=1S/C16H16N2O/c1-2-18-12-17-10-14(18)11-19-16-9-5-7-13-6-3-4-8-15(13)16/h3-10,12H,2,11H2,1H3. The molecule has 0 fully saturated rings. The van der Waals surface area contributed by atoms with Gasteiger partial charge in [0.2, 0.25) is 0 Å². The normalized spacial score (nSPS) is 10.8. The molecule has 0 N–H and O–H groups in total. The van der Waals surface area contributed by atoms with Crippen molar-refractivity contribution in [2.75, 3.05) is 0 Å². The minimum Gasteiger partial charge on any atom is -0.487 e. The van der Waals surface area contributed by atoms with Crippen LogP contribution in [0, 0.1) is 0 Å². The summed E-state index contributed by atoms with van der Waals surface area (Å²) in [7, 11) is 0. The van der Waals surface area contributed by atoms with Crippen molar-refractivity contribution in [3.63, 3.8) is 0 Å². The first-order valence-corrected chi connectivity index (χ1v) is 6.48. The van der Waals surface area contributed by atoms with Crippen LogP contribution in [0.25, 0.3) is 10.8 Å². The number of hydrogen-bond donors (Lipinski definition) is 0. The Morgan fingerprint density at radius 1 is 1.11 bits per heavy atom. The lowest BCUT2D eigenvalue weighted by Crippen LogP contribution is -2.03. The highest BCUT2D eigenvalue weighted by Crippen LogP contribution is 2.25. The summed E-state index contributed by atoms with van der Waals surface area (Å²) in [4.78, 5) is 4.15. The van der Waals surface area contributed by atoms with Crippen LogP contribution in [0.3, 0.4) is 0 Å². The van der Waals surface area contributed by atoms with E-state index in [4.69, 9.17) is 4.74 Å². The summed E-state index contributed by atoms with van der Waals surface area (Å²) in [6.07, 6.45) is 3.69. The van der Waals surface area contributed by atoms with E-state index in [0.29, 0.717) is 6.61 Å². The Morgan fingerprint density at radius 2 is 1.95 bits per heavy atom. The Kier molecular flexibility index (Phi) is 3.19. The molecular weight excluding hydrogens is 236 g/mol. The molecule has 0 aliphatic heterocycles. The Hall–Kier alpha value is -2.29. The molecule has 3 aromatic rings. The van der Waals surface area contributed by atoms with Crippen LogP contribution in [0.5, 0.6) is 5.75 Å². The predicted octanol–water partition coefficient (Wildman–Crippen LogP) is 3.64. The number of ether oxygens (including phenoxy) is 1. The highest BCUT2D eigenvalue weighted by Gasteiger charge is 2.04. The van der Waals surface area contributed by atoms with Gasteiger partial charge in [0.25, 0.3) is 0 Å². The van der Waals surface area contributed by atoms with Crippen LogP contribution in [-0.4, -0.2) is 9.55 Å². The molecule has 1 aromatic heterocycles. The average molecular weight is 252 g/mol. The van der Waals surface area contributed by atoms with E-state index in [1.165, 1.54) is 5.39 Å². The van der Waals surface area contributed by atoms with E-state index in [0.717, 1.165) is 23.4 Å². The van der Waals surface area contributed by atoms with Crippen molar-refractivity contribution in [2.24, 2.45) is 0 Å². The second kappa shape index (κ2) is 5.14. The SMILES string of the molecule is CCn1cncc1COc1cccc2ccccc12. The van der Waals surface area contributed by atoms with Crippen LogP contribution >= 0.6 is 0 Å². The van der Waals surface area contributed by atoms with Crippen molar-refractivity contribution < 1.29 is 4.74 Å². The summed E-state index contributed by atoms with van der Waals surface area (Å²) in [6, 6.07) is 14.4. The van der Waals surface area contributed by atoms with Crippen molar-refractivity contribution in [1.82, 2.24) is 9.55 Å². The molecule has 0 radical (unpaired) electrons. The summed E-state index contributed by atoms with van der Waals surface area (Å²) in [5, 5.41) is 2.34. The molecule has 19 heavy (non-hydrogen) atoms. The van der Waals surface area contributed by atoms with Gasteiger partial charge in [-0.25, -0.2) is 4.98 Å². The first-order chi connectivity index (χ1) is 9.38. The molecule has 0 bridgehead atoms. The maximum Gasteiger partial charge on any atom is 0.130 e. The number of aromatic nitrogens is 2. The minimum absolute atomic E-state index is 0.543. The lowest BCUT2D eigenvalue weighted by atomic mass is 10.1. The van der Waals surface area contributed by atoms with Crippen LogP contribution in [-0.2, 0) is 13.2 Å². The van der Waals surface area contributed by atoms with E-state index < -0.39 is 0 Å². The smallest absolute Gasteiger partial charge is 0.130 e. The number of hydrogen-bond acceptors (Lipinski definition) is 2. The summed E-state index contributed by atoms with van der Waals surface area (Å²) in [6.45, 7) is 3.55. The summed E-state index contributed by atoms with van der Waals surface area (Å²) < 4.78 is 8.03. The van der Waals surface area contributed by atoms with Gasteiger partial charge in [-0.2, -0.15) is 0 Å². The molecule has 3 rings (SSSR count). The fourth-order valence-electron chi connectivity index (χ4n) is 2.23. The van der Waals surface area contributed by atoms with E-state index in [1.807, 2.05) is 36.8 Å². The predicted molar refractivity (Wildman–Crippen MR) is 76.2 cm³/mol. The van der Waals surface area contributed by atoms with E-state index in [-0.39, 0.29) is 0 Å². The third-order valence-electron chi connectivity index (χ3n) is 3.26. The van der Waals surface area contributed by atoms with E-state index >= 15 is 0 Å². The summed E-state index contributed by atoms with van der Waals surface area (Å²) in [5.74, 6) is 0.918. The number of benzene rings is 2. The average Bonchev–Trinajstić information content (AvgIpc) is 2.92. The molecule has 2 aromatic carbocycles. The fraction of sp³-hybridized carbons (Fsp3) is 0.188. The van der Waals surface area contributed by atoms with Crippen molar-refractivity contribution in [3.05, 3.63) is 60.7 Å². The zero-order chi connectivity index (χ0) is 13.1. The first-order valence-electron chi connectivity index (χ1n) is 6.48. The van der Waals surface area contributed by atoms with Gasteiger partial charge in [-0.15, -0.1) is 0 Å². The minimum atomic E-state index is 0.543. The fourth-order valence-corrected chi connectivity index (χ4v) is 2.23. The molecule has 3 heteroatoms. The highest BCUT2D eigenvalue weighted by atomic mass is 16.5. The van der Waals surface area contributed by atoms with Gasteiger partial charge in [0.1, 0.15) is 12.4 Å². The second-order valence-corrected chi connectivity index (χ2v) is 4.44. The molecule has 0 unspecified atom stereocenters. The molecule has 1 heterocycles. The molecule has 0 amide bonds. The van der Waals surface area contributed by atoms with E-state index in [2.05, 4.69) is 34.7 Å². The largest absolute Gasteiger partial charge is 0.487 e.